The molecule has 1 N–H and O–H groups in total. The molecule has 1 aromatic rings. The van der Waals surface area contributed by atoms with Gasteiger partial charge in [-0.05, 0) is 35.0 Å². The molecule has 0 atom stereocenters. The van der Waals surface area contributed by atoms with Gasteiger partial charge in [0.2, 0.25) is 5.91 Å². The predicted octanol–water partition coefficient (Wildman–Crippen LogP) is 3.08. The summed E-state index contributed by atoms with van der Waals surface area (Å²) in [6.07, 6.45) is 0. The van der Waals surface area contributed by atoms with Crippen LogP contribution in [0.4, 0.5) is 5.69 Å². The van der Waals surface area contributed by atoms with E-state index in [9.17, 15) is 4.79 Å². The second kappa shape index (κ2) is 6.10. The summed E-state index contributed by atoms with van der Waals surface area (Å²) in [7, 11) is 0. The number of nitrogens with one attached hydrogen (secondary N) is 1. The van der Waals surface area contributed by atoms with Gasteiger partial charge < -0.3 is 10.1 Å². The van der Waals surface area contributed by atoms with Crippen LogP contribution in [0.25, 0.3) is 0 Å². The first-order valence-electron chi connectivity index (χ1n) is 4.46. The number of hydrogen-bond acceptors (Lipinski definition) is 2. The molecule has 0 radical (unpaired) electrons. The molecule has 1 aromatic carbocycles. The van der Waals surface area contributed by atoms with Gasteiger partial charge in [0.25, 0.3) is 0 Å². The number of anilines is 1. The molecule has 82 valence electrons. The highest BCUT2D eigenvalue weighted by Crippen LogP contribution is 2.29. The molecule has 1 rings (SSSR count). The van der Waals surface area contributed by atoms with Crippen LogP contribution in [0.1, 0.15) is 6.92 Å². The molecule has 0 spiro atoms. The Morgan fingerprint density at radius 2 is 2.33 bits per heavy atom. The molecule has 1 amide bonds. The number of ether oxygens (including phenoxy) is 1. The van der Waals surface area contributed by atoms with Crippen LogP contribution < -0.4 is 5.32 Å². The Balaban J connectivity index is 2.64. The summed E-state index contributed by atoms with van der Waals surface area (Å²) in [6, 6.07) is 5.34. The maximum absolute atomic E-state index is 11.3. The minimum absolute atomic E-state index is 0.0410. The monoisotopic (exact) mass is 291 g/mol. The Morgan fingerprint density at radius 1 is 1.60 bits per heavy atom. The molecule has 0 unspecified atom stereocenters. The zero-order chi connectivity index (χ0) is 11.3. The SMILES string of the molecule is CCOCC(=O)Nc1cccc(Br)c1Cl. The molecule has 0 heterocycles. The van der Waals surface area contributed by atoms with Gasteiger partial charge in [-0.3, -0.25) is 4.79 Å². The molecule has 0 aliphatic rings. The standard InChI is InChI=1S/C10H11BrClNO2/c1-2-15-6-9(14)13-8-5-3-4-7(11)10(8)12/h3-5H,2,6H2,1H3,(H,13,14). The minimum atomic E-state index is -0.211. The average Bonchev–Trinajstić information content (AvgIpc) is 2.22. The summed E-state index contributed by atoms with van der Waals surface area (Å²) in [4.78, 5) is 11.3. The van der Waals surface area contributed by atoms with Gasteiger partial charge in [0.1, 0.15) is 6.61 Å². The largest absolute Gasteiger partial charge is 0.372 e. The maximum atomic E-state index is 11.3. The molecular weight excluding hydrogens is 281 g/mol. The maximum Gasteiger partial charge on any atom is 0.250 e. The van der Waals surface area contributed by atoms with Gasteiger partial charge in [-0.25, -0.2) is 0 Å². The molecular formula is C10H11BrClNO2. The molecule has 3 nitrogen and oxygen atoms in total. The average molecular weight is 293 g/mol. The van der Waals surface area contributed by atoms with Crippen molar-refractivity contribution in [1.82, 2.24) is 0 Å². The summed E-state index contributed by atoms with van der Waals surface area (Å²) in [5.41, 5.74) is 0.579. The van der Waals surface area contributed by atoms with Gasteiger partial charge in [0, 0.05) is 11.1 Å². The van der Waals surface area contributed by atoms with Crippen LogP contribution in [0.2, 0.25) is 5.02 Å². The quantitative estimate of drug-likeness (QED) is 0.926. The summed E-state index contributed by atoms with van der Waals surface area (Å²) < 4.78 is 5.72. The van der Waals surface area contributed by atoms with Crippen LogP contribution in [0.3, 0.4) is 0 Å². The third kappa shape index (κ3) is 3.81. The minimum Gasteiger partial charge on any atom is -0.372 e. The van der Waals surface area contributed by atoms with Gasteiger partial charge >= 0.3 is 0 Å². The fraction of sp³-hybridized carbons (Fsp3) is 0.300. The van der Waals surface area contributed by atoms with Crippen molar-refractivity contribution in [3.8, 4) is 0 Å². The van der Waals surface area contributed by atoms with E-state index >= 15 is 0 Å². The number of carbonyl (C=O) groups excluding carboxylic acids is 1. The van der Waals surface area contributed by atoms with E-state index in [4.69, 9.17) is 16.3 Å². The molecule has 0 fully saturated rings. The summed E-state index contributed by atoms with van der Waals surface area (Å²) in [5.74, 6) is -0.211. The molecule has 5 heteroatoms. The van der Waals surface area contributed by atoms with Crippen molar-refractivity contribution in [2.24, 2.45) is 0 Å². The first-order chi connectivity index (χ1) is 7.15. The van der Waals surface area contributed by atoms with Gasteiger partial charge in [-0.2, -0.15) is 0 Å². The van der Waals surface area contributed by atoms with Crippen LogP contribution in [0, 0.1) is 0 Å². The van der Waals surface area contributed by atoms with E-state index in [0.717, 1.165) is 4.47 Å². The van der Waals surface area contributed by atoms with E-state index in [1.54, 1.807) is 18.2 Å². The Labute approximate surface area is 102 Å². The highest BCUT2D eigenvalue weighted by molar-refractivity contribution is 9.10. The number of carbonyl (C=O) groups is 1. The van der Waals surface area contributed by atoms with Gasteiger partial charge in [-0.1, -0.05) is 17.7 Å². The molecule has 0 aromatic heterocycles. The molecule has 0 saturated heterocycles. The summed E-state index contributed by atoms with van der Waals surface area (Å²) in [6.45, 7) is 2.39. The van der Waals surface area contributed by atoms with E-state index in [-0.39, 0.29) is 12.5 Å². The fourth-order valence-corrected chi connectivity index (χ4v) is 1.52. The third-order valence-corrected chi connectivity index (χ3v) is 2.96. The normalized spacial score (nSPS) is 10.1. The van der Waals surface area contributed by atoms with Gasteiger partial charge in [0.05, 0.1) is 10.7 Å². The number of benzene rings is 1. The molecule has 0 aliphatic heterocycles. The van der Waals surface area contributed by atoms with Crippen LogP contribution >= 0.6 is 27.5 Å². The van der Waals surface area contributed by atoms with Crippen LogP contribution in [-0.2, 0) is 9.53 Å². The Kier molecular flexibility index (Phi) is 5.08. The lowest BCUT2D eigenvalue weighted by Gasteiger charge is -2.07. The summed E-state index contributed by atoms with van der Waals surface area (Å²) in [5, 5.41) is 3.15. The van der Waals surface area contributed by atoms with Crippen molar-refractivity contribution in [3.05, 3.63) is 27.7 Å². The number of hydrogen-bond donors (Lipinski definition) is 1. The Hall–Kier alpha value is -0.580. The van der Waals surface area contributed by atoms with Crippen molar-refractivity contribution in [1.29, 1.82) is 0 Å². The lowest BCUT2D eigenvalue weighted by atomic mass is 10.3. The van der Waals surface area contributed by atoms with Crippen LogP contribution in [0.5, 0.6) is 0 Å². The van der Waals surface area contributed by atoms with Gasteiger partial charge in [0.15, 0.2) is 0 Å². The van der Waals surface area contributed by atoms with Crippen LogP contribution in [-0.4, -0.2) is 19.1 Å². The van der Waals surface area contributed by atoms with Crippen molar-refractivity contribution >= 4 is 39.1 Å². The second-order valence-corrected chi connectivity index (χ2v) is 4.02. The second-order valence-electron chi connectivity index (χ2n) is 2.79. The zero-order valence-corrected chi connectivity index (χ0v) is 10.6. The number of rotatable bonds is 4. The van der Waals surface area contributed by atoms with E-state index in [0.29, 0.717) is 17.3 Å². The molecule has 15 heavy (non-hydrogen) atoms. The van der Waals surface area contributed by atoms with Crippen molar-refractivity contribution in [3.63, 3.8) is 0 Å². The molecule has 0 aliphatic carbocycles. The third-order valence-electron chi connectivity index (χ3n) is 1.66. The van der Waals surface area contributed by atoms with E-state index in [1.165, 1.54) is 0 Å². The fourth-order valence-electron chi connectivity index (χ4n) is 0.981. The van der Waals surface area contributed by atoms with E-state index in [2.05, 4.69) is 21.2 Å². The molecule has 0 bridgehead atoms. The summed E-state index contributed by atoms with van der Waals surface area (Å²) >= 11 is 9.24. The van der Waals surface area contributed by atoms with E-state index < -0.39 is 0 Å². The first-order valence-corrected chi connectivity index (χ1v) is 5.64. The Morgan fingerprint density at radius 3 is 3.00 bits per heavy atom. The van der Waals surface area contributed by atoms with Crippen molar-refractivity contribution in [2.75, 3.05) is 18.5 Å². The Bertz CT molecular complexity index is 357. The smallest absolute Gasteiger partial charge is 0.250 e. The van der Waals surface area contributed by atoms with Crippen molar-refractivity contribution in [2.45, 2.75) is 6.92 Å². The van der Waals surface area contributed by atoms with Crippen molar-refractivity contribution < 1.29 is 9.53 Å². The lowest BCUT2D eigenvalue weighted by molar-refractivity contribution is -0.120. The predicted molar refractivity (Wildman–Crippen MR) is 64.3 cm³/mol. The zero-order valence-electron chi connectivity index (χ0n) is 8.22. The van der Waals surface area contributed by atoms with Crippen LogP contribution in [0.15, 0.2) is 22.7 Å². The van der Waals surface area contributed by atoms with E-state index in [1.807, 2.05) is 6.92 Å². The van der Waals surface area contributed by atoms with Gasteiger partial charge in [-0.15, -0.1) is 0 Å². The number of halogens is 2. The highest BCUT2D eigenvalue weighted by Gasteiger charge is 2.07. The highest BCUT2D eigenvalue weighted by atomic mass is 79.9. The number of amides is 1. The lowest BCUT2D eigenvalue weighted by Crippen LogP contribution is -2.18. The molecule has 0 saturated carbocycles. The first kappa shape index (κ1) is 12.5. The topological polar surface area (TPSA) is 38.3 Å².